The molecule has 0 heterocycles. The molecule has 0 saturated heterocycles. The molecule has 1 amide bonds. The molecule has 20 heavy (non-hydrogen) atoms. The van der Waals surface area contributed by atoms with Gasteiger partial charge >= 0.3 is 5.97 Å². The van der Waals surface area contributed by atoms with Crippen molar-refractivity contribution in [2.45, 2.75) is 13.0 Å². The average Bonchev–Trinajstić information content (AvgIpc) is 2.37. The van der Waals surface area contributed by atoms with Crippen molar-refractivity contribution >= 4 is 27.8 Å². The fourth-order valence-corrected chi connectivity index (χ4v) is 2.05. The molecule has 1 unspecified atom stereocenters. The molecule has 0 bridgehead atoms. The molecule has 110 valence electrons. The van der Waals surface area contributed by atoms with Gasteiger partial charge in [-0.05, 0) is 35.0 Å². The molecule has 2 N–H and O–H groups in total. The van der Waals surface area contributed by atoms with Crippen LogP contribution in [0.3, 0.4) is 0 Å². The van der Waals surface area contributed by atoms with E-state index in [1.807, 2.05) is 0 Å². The largest absolute Gasteiger partial charge is 0.482 e. The Morgan fingerprint density at radius 3 is 2.75 bits per heavy atom. The Kier molecular flexibility index (Phi) is 6.47. The fourth-order valence-electron chi connectivity index (χ4n) is 1.57. The summed E-state index contributed by atoms with van der Waals surface area (Å²) in [5, 5.41) is 11.7. The minimum Gasteiger partial charge on any atom is -0.482 e. The number of rotatable bonds is 7. The second-order valence-electron chi connectivity index (χ2n) is 4.13. The van der Waals surface area contributed by atoms with Gasteiger partial charge in [-0.1, -0.05) is 6.07 Å². The Labute approximate surface area is 125 Å². The molecule has 1 atom stereocenters. The first-order valence-corrected chi connectivity index (χ1v) is 6.68. The van der Waals surface area contributed by atoms with Crippen LogP contribution in [0.2, 0.25) is 0 Å². The van der Waals surface area contributed by atoms with Crippen LogP contribution >= 0.6 is 15.9 Å². The van der Waals surface area contributed by atoms with Crippen molar-refractivity contribution < 1.29 is 24.2 Å². The van der Waals surface area contributed by atoms with Crippen LogP contribution < -0.4 is 10.1 Å². The van der Waals surface area contributed by atoms with Gasteiger partial charge in [0.05, 0.1) is 11.1 Å². The molecule has 0 fully saturated rings. The highest BCUT2D eigenvalue weighted by Crippen LogP contribution is 2.28. The molecule has 0 aromatic heterocycles. The number of carboxylic acid groups (broad SMARTS) is 1. The molecule has 0 saturated carbocycles. The smallest absolute Gasteiger partial charge is 0.339 e. The number of benzene rings is 1. The molecule has 1 aromatic carbocycles. The summed E-state index contributed by atoms with van der Waals surface area (Å²) < 4.78 is 10.7. The molecule has 0 radical (unpaired) electrons. The van der Waals surface area contributed by atoms with Gasteiger partial charge < -0.3 is 19.9 Å². The summed E-state index contributed by atoms with van der Waals surface area (Å²) in [7, 11) is 1.54. The van der Waals surface area contributed by atoms with E-state index < -0.39 is 5.97 Å². The molecule has 1 aromatic rings. The molecular formula is C13H16BrNO5. The zero-order valence-corrected chi connectivity index (χ0v) is 12.8. The van der Waals surface area contributed by atoms with E-state index in [1.165, 1.54) is 6.07 Å². The number of para-hydroxylation sites is 1. The van der Waals surface area contributed by atoms with Gasteiger partial charge in [-0.25, -0.2) is 4.79 Å². The van der Waals surface area contributed by atoms with Crippen molar-refractivity contribution in [3.63, 3.8) is 0 Å². The van der Waals surface area contributed by atoms with E-state index in [1.54, 1.807) is 26.2 Å². The van der Waals surface area contributed by atoms with Gasteiger partial charge in [-0.2, -0.15) is 0 Å². The van der Waals surface area contributed by atoms with Crippen LogP contribution in [0.1, 0.15) is 17.3 Å². The number of carbonyl (C=O) groups is 2. The highest BCUT2D eigenvalue weighted by molar-refractivity contribution is 9.10. The zero-order chi connectivity index (χ0) is 15.1. The maximum atomic E-state index is 11.6. The summed E-state index contributed by atoms with van der Waals surface area (Å²) in [6.07, 6.45) is 0. The fraction of sp³-hybridized carbons (Fsp3) is 0.385. The van der Waals surface area contributed by atoms with Gasteiger partial charge in [-0.3, -0.25) is 4.79 Å². The van der Waals surface area contributed by atoms with E-state index in [0.717, 1.165) is 0 Å². The van der Waals surface area contributed by atoms with Crippen LogP contribution in [0, 0.1) is 0 Å². The number of hydrogen-bond acceptors (Lipinski definition) is 4. The minimum atomic E-state index is -1.12. The number of nitrogens with one attached hydrogen (secondary N) is 1. The van der Waals surface area contributed by atoms with Gasteiger partial charge in [-0.15, -0.1) is 0 Å². The molecule has 7 heteroatoms. The summed E-state index contributed by atoms with van der Waals surface area (Å²) in [6.45, 7) is 1.92. The highest BCUT2D eigenvalue weighted by Gasteiger charge is 2.16. The molecule has 6 nitrogen and oxygen atoms in total. The van der Waals surface area contributed by atoms with Crippen molar-refractivity contribution in [1.82, 2.24) is 5.32 Å². The molecule has 0 aliphatic carbocycles. The Balaban J connectivity index is 2.66. The van der Waals surface area contributed by atoms with E-state index >= 15 is 0 Å². The molecule has 0 spiro atoms. The van der Waals surface area contributed by atoms with Gasteiger partial charge in [0, 0.05) is 13.2 Å². The number of hydrogen-bond donors (Lipinski definition) is 2. The predicted octanol–water partition coefficient (Wildman–Crippen LogP) is 1.68. The number of halogens is 1. The second kappa shape index (κ2) is 7.86. The van der Waals surface area contributed by atoms with E-state index in [0.29, 0.717) is 11.1 Å². The molecule has 0 aliphatic heterocycles. The summed E-state index contributed by atoms with van der Waals surface area (Å²) in [5.74, 6) is -1.33. The number of carbonyl (C=O) groups excluding carboxylic acids is 1. The van der Waals surface area contributed by atoms with E-state index in [4.69, 9.17) is 14.6 Å². The topological polar surface area (TPSA) is 84.9 Å². The third-order valence-electron chi connectivity index (χ3n) is 2.37. The van der Waals surface area contributed by atoms with Crippen LogP contribution in [0.5, 0.6) is 5.75 Å². The van der Waals surface area contributed by atoms with E-state index in [9.17, 15) is 9.59 Å². The van der Waals surface area contributed by atoms with Crippen molar-refractivity contribution in [3.8, 4) is 5.75 Å². The standard InChI is InChI=1S/C13H16BrNO5/c1-8(6-19-2)15-11(16)7-20-12-9(13(17)18)4-3-5-10(12)14/h3-5,8H,6-7H2,1-2H3,(H,15,16)(H,17,18). The summed E-state index contributed by atoms with van der Waals surface area (Å²) in [6, 6.07) is 4.50. The maximum absolute atomic E-state index is 11.6. The number of amides is 1. The summed E-state index contributed by atoms with van der Waals surface area (Å²) >= 11 is 3.20. The Bertz CT molecular complexity index is 492. The van der Waals surface area contributed by atoms with Gasteiger partial charge in [0.15, 0.2) is 6.61 Å². The quantitative estimate of drug-likeness (QED) is 0.785. The lowest BCUT2D eigenvalue weighted by Gasteiger charge is -2.14. The monoisotopic (exact) mass is 345 g/mol. The van der Waals surface area contributed by atoms with E-state index in [-0.39, 0.29) is 29.9 Å². The predicted molar refractivity (Wildman–Crippen MR) is 76.1 cm³/mol. The number of carboxylic acids is 1. The Hall–Kier alpha value is -1.60. The normalized spacial score (nSPS) is 11.8. The van der Waals surface area contributed by atoms with Crippen molar-refractivity contribution in [2.24, 2.45) is 0 Å². The first-order chi connectivity index (χ1) is 9.45. The van der Waals surface area contributed by atoms with Crippen molar-refractivity contribution in [2.75, 3.05) is 20.3 Å². The van der Waals surface area contributed by atoms with Crippen molar-refractivity contribution in [3.05, 3.63) is 28.2 Å². The zero-order valence-electron chi connectivity index (χ0n) is 11.2. The van der Waals surface area contributed by atoms with Gasteiger partial charge in [0.1, 0.15) is 11.3 Å². The lowest BCUT2D eigenvalue weighted by molar-refractivity contribution is -0.124. The third-order valence-corrected chi connectivity index (χ3v) is 2.99. The minimum absolute atomic E-state index is 0.00267. The maximum Gasteiger partial charge on any atom is 0.339 e. The Morgan fingerprint density at radius 2 is 2.15 bits per heavy atom. The lowest BCUT2D eigenvalue weighted by atomic mass is 10.2. The average molecular weight is 346 g/mol. The van der Waals surface area contributed by atoms with Crippen LogP contribution in [0.4, 0.5) is 0 Å². The number of methoxy groups -OCH3 is 1. The summed E-state index contributed by atoms with van der Waals surface area (Å²) in [5.41, 5.74) is -0.00267. The van der Waals surface area contributed by atoms with Crippen LogP contribution in [0.15, 0.2) is 22.7 Å². The van der Waals surface area contributed by atoms with Gasteiger partial charge in [0.2, 0.25) is 0 Å². The molecular weight excluding hydrogens is 330 g/mol. The molecule has 0 aliphatic rings. The Morgan fingerprint density at radius 1 is 1.45 bits per heavy atom. The number of ether oxygens (including phenoxy) is 2. The summed E-state index contributed by atoms with van der Waals surface area (Å²) in [4.78, 5) is 22.7. The highest BCUT2D eigenvalue weighted by atomic mass is 79.9. The lowest BCUT2D eigenvalue weighted by Crippen LogP contribution is -2.38. The first-order valence-electron chi connectivity index (χ1n) is 5.88. The number of aromatic carboxylic acids is 1. The van der Waals surface area contributed by atoms with Crippen LogP contribution in [0.25, 0.3) is 0 Å². The van der Waals surface area contributed by atoms with Crippen LogP contribution in [-0.2, 0) is 9.53 Å². The van der Waals surface area contributed by atoms with Crippen molar-refractivity contribution in [1.29, 1.82) is 0 Å². The third kappa shape index (κ3) is 4.82. The van der Waals surface area contributed by atoms with Crippen LogP contribution in [-0.4, -0.2) is 43.3 Å². The molecule has 1 rings (SSSR count). The second-order valence-corrected chi connectivity index (χ2v) is 4.99. The first kappa shape index (κ1) is 16.5. The SMILES string of the molecule is COCC(C)NC(=O)COc1c(Br)cccc1C(=O)O. The van der Waals surface area contributed by atoms with Gasteiger partial charge in [0.25, 0.3) is 5.91 Å². The van der Waals surface area contributed by atoms with E-state index in [2.05, 4.69) is 21.2 Å².